The highest BCUT2D eigenvalue weighted by Crippen LogP contribution is 2.64. The molecule has 4 nitrogen and oxygen atoms in total. The lowest BCUT2D eigenvalue weighted by Gasteiger charge is -2.25. The molecule has 0 saturated heterocycles. The Morgan fingerprint density at radius 2 is 1.84 bits per heavy atom. The van der Waals surface area contributed by atoms with Crippen LogP contribution in [0.4, 0.5) is 18.9 Å². The van der Waals surface area contributed by atoms with Gasteiger partial charge in [-0.15, -0.1) is 23.2 Å². The fourth-order valence-electron chi connectivity index (χ4n) is 2.51. The summed E-state index contributed by atoms with van der Waals surface area (Å²) in [5.41, 5.74) is -2.30. The first-order chi connectivity index (χ1) is 11.4. The van der Waals surface area contributed by atoms with E-state index in [2.05, 4.69) is 5.32 Å². The molecule has 1 N–H and O–H groups in total. The third kappa shape index (κ3) is 4.03. The lowest BCUT2D eigenvalue weighted by atomic mass is 10.1. The minimum atomic E-state index is -4.59. The normalized spacial score (nSPS) is 21.6. The Morgan fingerprint density at radius 1 is 1.28 bits per heavy atom. The quantitative estimate of drug-likeness (QED) is 0.762. The molecule has 0 radical (unpaired) electrons. The molecule has 1 unspecified atom stereocenters. The van der Waals surface area contributed by atoms with Gasteiger partial charge in [0.25, 0.3) is 0 Å². The number of alkyl halides is 5. The summed E-state index contributed by atoms with van der Waals surface area (Å²) in [6, 6.07) is 4.64. The van der Waals surface area contributed by atoms with Crippen molar-refractivity contribution in [3.05, 3.63) is 29.8 Å². The van der Waals surface area contributed by atoms with E-state index in [4.69, 9.17) is 23.2 Å². The number of nitrogens with one attached hydrogen (secondary N) is 1. The molecule has 1 saturated carbocycles. The van der Waals surface area contributed by atoms with Crippen molar-refractivity contribution >= 4 is 40.7 Å². The number of carbonyl (C=O) groups excluding carboxylic acids is 2. The summed E-state index contributed by atoms with van der Waals surface area (Å²) < 4.78 is 37.7. The van der Waals surface area contributed by atoms with Crippen molar-refractivity contribution in [2.24, 2.45) is 5.41 Å². The zero-order valence-electron chi connectivity index (χ0n) is 13.6. The smallest absolute Gasteiger partial charge is 0.333 e. The molecule has 0 heterocycles. The van der Waals surface area contributed by atoms with Crippen molar-refractivity contribution in [3.63, 3.8) is 0 Å². The van der Waals surface area contributed by atoms with Crippen LogP contribution < -0.4 is 5.32 Å². The molecule has 0 aromatic heterocycles. The third-order valence-corrected chi connectivity index (χ3v) is 5.34. The molecule has 2 amide bonds. The highest BCUT2D eigenvalue weighted by molar-refractivity contribution is 6.53. The van der Waals surface area contributed by atoms with Crippen LogP contribution in [-0.4, -0.2) is 34.1 Å². The number of nitrogens with zero attached hydrogens (tertiary/aromatic N) is 1. The van der Waals surface area contributed by atoms with E-state index in [0.717, 1.165) is 12.1 Å². The van der Waals surface area contributed by atoms with E-state index in [9.17, 15) is 22.8 Å². The average molecular weight is 397 g/mol. The van der Waals surface area contributed by atoms with Crippen molar-refractivity contribution in [1.29, 1.82) is 0 Å². The molecule has 1 fully saturated rings. The molecule has 138 valence electrons. The fourth-order valence-corrected chi connectivity index (χ4v) is 3.21. The molecule has 0 aliphatic heterocycles. The van der Waals surface area contributed by atoms with E-state index in [1.165, 1.54) is 17.0 Å². The molecule has 1 aromatic carbocycles. The topological polar surface area (TPSA) is 49.4 Å². The van der Waals surface area contributed by atoms with Gasteiger partial charge >= 0.3 is 6.18 Å². The van der Waals surface area contributed by atoms with Crippen LogP contribution in [0.5, 0.6) is 0 Å². The summed E-state index contributed by atoms with van der Waals surface area (Å²) in [7, 11) is 0. The number of hydrogen-bond donors (Lipinski definition) is 1. The van der Waals surface area contributed by atoms with Crippen LogP contribution >= 0.6 is 23.2 Å². The Kier molecular flexibility index (Phi) is 5.31. The van der Waals surface area contributed by atoms with Crippen LogP contribution in [0, 0.1) is 5.41 Å². The van der Waals surface area contributed by atoms with Gasteiger partial charge in [0.05, 0.1) is 23.2 Å². The summed E-state index contributed by atoms with van der Waals surface area (Å²) in [6.45, 7) is 3.06. The van der Waals surface area contributed by atoms with Crippen LogP contribution in [0.3, 0.4) is 0 Å². The van der Waals surface area contributed by atoms with Gasteiger partial charge in [-0.25, -0.2) is 0 Å². The molecule has 0 spiro atoms. The largest absolute Gasteiger partial charge is 0.418 e. The summed E-state index contributed by atoms with van der Waals surface area (Å²) in [5.74, 6) is -1.13. The molecule has 9 heteroatoms. The lowest BCUT2D eigenvalue weighted by Crippen LogP contribution is -2.42. The van der Waals surface area contributed by atoms with E-state index in [1.54, 1.807) is 13.8 Å². The number of rotatable bonds is 5. The maximum Gasteiger partial charge on any atom is 0.418 e. The number of para-hydroxylation sites is 1. The highest BCUT2D eigenvalue weighted by Gasteiger charge is 2.68. The summed E-state index contributed by atoms with van der Waals surface area (Å²) in [6.07, 6.45) is -4.33. The summed E-state index contributed by atoms with van der Waals surface area (Å²) in [4.78, 5) is 25.8. The zero-order valence-corrected chi connectivity index (χ0v) is 15.1. The second-order valence-electron chi connectivity index (χ2n) is 6.12. The first-order valence-electron chi connectivity index (χ1n) is 7.55. The van der Waals surface area contributed by atoms with E-state index in [1.807, 2.05) is 0 Å². The summed E-state index contributed by atoms with van der Waals surface area (Å²) in [5, 5.41) is 2.21. The molecule has 0 bridgehead atoms. The molecule has 1 aliphatic carbocycles. The second kappa shape index (κ2) is 6.68. The maximum absolute atomic E-state index is 13.0. The van der Waals surface area contributed by atoms with Gasteiger partial charge in [0.1, 0.15) is 4.33 Å². The Hall–Kier alpha value is -1.47. The van der Waals surface area contributed by atoms with E-state index in [0.29, 0.717) is 0 Å². The van der Waals surface area contributed by atoms with Crippen LogP contribution in [-0.2, 0) is 15.8 Å². The van der Waals surface area contributed by atoms with Gasteiger partial charge in [-0.1, -0.05) is 12.1 Å². The number of likely N-dealkylation sites (N-methyl/N-ethyl adjacent to an activating group) is 1. The zero-order chi connectivity index (χ0) is 19.0. The molecular formula is C16H17Cl2F3N2O2. The monoisotopic (exact) mass is 396 g/mol. The number of benzene rings is 1. The Bertz CT molecular complexity index is 694. The molecular weight excluding hydrogens is 380 g/mol. The van der Waals surface area contributed by atoms with Crippen LogP contribution in [0.2, 0.25) is 0 Å². The van der Waals surface area contributed by atoms with E-state index in [-0.39, 0.29) is 25.2 Å². The van der Waals surface area contributed by atoms with Crippen molar-refractivity contribution in [3.8, 4) is 0 Å². The van der Waals surface area contributed by atoms with Crippen molar-refractivity contribution in [2.45, 2.75) is 30.8 Å². The van der Waals surface area contributed by atoms with Crippen molar-refractivity contribution < 1.29 is 22.8 Å². The molecule has 2 rings (SSSR count). The third-order valence-electron chi connectivity index (χ3n) is 4.24. The predicted molar refractivity (Wildman–Crippen MR) is 89.5 cm³/mol. The van der Waals surface area contributed by atoms with Gasteiger partial charge in [0, 0.05) is 6.54 Å². The van der Waals surface area contributed by atoms with Crippen LogP contribution in [0.1, 0.15) is 25.8 Å². The van der Waals surface area contributed by atoms with Crippen molar-refractivity contribution in [1.82, 2.24) is 4.90 Å². The number of hydrogen-bond acceptors (Lipinski definition) is 2. The molecule has 1 aromatic rings. The number of halogens is 5. The van der Waals surface area contributed by atoms with Gasteiger partial charge in [-0.2, -0.15) is 13.2 Å². The second-order valence-corrected chi connectivity index (χ2v) is 7.61. The van der Waals surface area contributed by atoms with Gasteiger partial charge in [-0.3, -0.25) is 9.59 Å². The van der Waals surface area contributed by atoms with Crippen LogP contribution in [0.15, 0.2) is 24.3 Å². The van der Waals surface area contributed by atoms with Gasteiger partial charge in [0.15, 0.2) is 0 Å². The van der Waals surface area contributed by atoms with Gasteiger partial charge in [-0.05, 0) is 32.4 Å². The maximum atomic E-state index is 13.0. The SMILES string of the molecule is CCN(CC(=O)Nc1ccccc1C(F)(F)F)C(=O)C1(C)CC1(Cl)Cl. The predicted octanol–water partition coefficient (Wildman–Crippen LogP) is 4.08. The Morgan fingerprint density at radius 3 is 2.32 bits per heavy atom. The van der Waals surface area contributed by atoms with Crippen molar-refractivity contribution in [2.75, 3.05) is 18.4 Å². The number of anilines is 1. The highest BCUT2D eigenvalue weighted by atomic mass is 35.5. The Labute approximate surface area is 153 Å². The first kappa shape index (κ1) is 19.8. The van der Waals surface area contributed by atoms with Gasteiger partial charge < -0.3 is 10.2 Å². The average Bonchev–Trinajstić information content (AvgIpc) is 3.03. The minimum absolute atomic E-state index is 0.201. The van der Waals surface area contributed by atoms with E-state index >= 15 is 0 Å². The lowest BCUT2D eigenvalue weighted by molar-refractivity contribution is -0.139. The number of carbonyl (C=O) groups is 2. The van der Waals surface area contributed by atoms with Gasteiger partial charge in [0.2, 0.25) is 11.8 Å². The Balaban J connectivity index is 2.09. The number of amides is 2. The summed E-state index contributed by atoms with van der Waals surface area (Å²) >= 11 is 11.9. The molecule has 25 heavy (non-hydrogen) atoms. The standard InChI is InChI=1S/C16H17Cl2F3N2O2/c1-3-23(13(25)14(2)9-15(14,17)18)8-12(24)22-11-7-5-4-6-10(11)16(19,20)21/h4-7H,3,8-9H2,1-2H3,(H,22,24). The molecule has 1 aliphatic rings. The van der Waals surface area contributed by atoms with E-state index < -0.39 is 33.3 Å². The first-order valence-corrected chi connectivity index (χ1v) is 8.31. The fraction of sp³-hybridized carbons (Fsp3) is 0.500. The minimum Gasteiger partial charge on any atom is -0.333 e. The molecule has 1 atom stereocenters. The van der Waals surface area contributed by atoms with Crippen LogP contribution in [0.25, 0.3) is 0 Å².